The first-order chi connectivity index (χ1) is 6.77. The van der Waals surface area contributed by atoms with Gasteiger partial charge in [-0.3, -0.25) is 4.90 Å². The van der Waals surface area contributed by atoms with Gasteiger partial charge in [0.1, 0.15) is 5.54 Å². The van der Waals surface area contributed by atoms with Crippen LogP contribution < -0.4 is 5.14 Å². The molecule has 6 nitrogen and oxygen atoms in total. The third kappa shape index (κ3) is 2.89. The Kier molecular flexibility index (Phi) is 3.35. The Morgan fingerprint density at radius 1 is 1.27 bits per heavy atom. The fourth-order valence-corrected chi connectivity index (χ4v) is 2.24. The average Bonchev–Trinajstić information content (AvgIpc) is 2.17. The van der Waals surface area contributed by atoms with Crippen LogP contribution in [-0.4, -0.2) is 49.3 Å². The Hall–Kier alpha value is -0.680. The molecule has 0 spiro atoms. The summed E-state index contributed by atoms with van der Waals surface area (Å²) in [6.45, 7) is 5.42. The predicted octanol–water partition coefficient (Wildman–Crippen LogP) is -0.890. The number of rotatable bonds is 2. The van der Waals surface area contributed by atoms with E-state index in [1.807, 2.05) is 18.7 Å². The molecule has 1 aliphatic rings. The van der Waals surface area contributed by atoms with Crippen LogP contribution >= 0.6 is 0 Å². The lowest BCUT2D eigenvalue weighted by atomic mass is 10.0. The van der Waals surface area contributed by atoms with Gasteiger partial charge in [0.05, 0.1) is 6.07 Å². The Morgan fingerprint density at radius 2 is 1.73 bits per heavy atom. The fraction of sp³-hybridized carbons (Fsp3) is 0.875. The van der Waals surface area contributed by atoms with Crippen LogP contribution in [0.4, 0.5) is 0 Å². The molecule has 1 fully saturated rings. The molecule has 0 aromatic carbocycles. The van der Waals surface area contributed by atoms with Crippen molar-refractivity contribution in [3.63, 3.8) is 0 Å². The molecular weight excluding hydrogens is 216 g/mol. The van der Waals surface area contributed by atoms with Crippen molar-refractivity contribution in [2.75, 3.05) is 26.2 Å². The second-order valence-corrected chi connectivity index (χ2v) is 5.65. The molecule has 0 bridgehead atoms. The van der Waals surface area contributed by atoms with Crippen molar-refractivity contribution >= 4 is 10.2 Å². The largest absolute Gasteiger partial charge is 0.283 e. The van der Waals surface area contributed by atoms with E-state index < -0.39 is 15.7 Å². The highest BCUT2D eigenvalue weighted by atomic mass is 32.2. The Labute approximate surface area is 90.4 Å². The number of hydrogen-bond donors (Lipinski definition) is 1. The summed E-state index contributed by atoms with van der Waals surface area (Å²) in [6, 6.07) is 2.19. The third-order valence-electron chi connectivity index (χ3n) is 2.66. The van der Waals surface area contributed by atoms with Gasteiger partial charge in [0, 0.05) is 26.2 Å². The summed E-state index contributed by atoms with van der Waals surface area (Å²) in [4.78, 5) is 1.95. The van der Waals surface area contributed by atoms with Crippen LogP contribution in [0.3, 0.4) is 0 Å². The zero-order valence-corrected chi connectivity index (χ0v) is 9.79. The maximum absolute atomic E-state index is 11.0. The zero-order chi connectivity index (χ0) is 11.7. The minimum atomic E-state index is -3.58. The van der Waals surface area contributed by atoms with E-state index in [2.05, 4.69) is 6.07 Å². The molecule has 0 aliphatic carbocycles. The number of piperazine rings is 1. The molecule has 0 aromatic heterocycles. The smallest absolute Gasteiger partial charge is 0.276 e. The molecule has 1 rings (SSSR count). The fourth-order valence-electron chi connectivity index (χ4n) is 1.57. The van der Waals surface area contributed by atoms with Gasteiger partial charge in [-0.1, -0.05) is 0 Å². The highest BCUT2D eigenvalue weighted by Gasteiger charge is 2.32. The van der Waals surface area contributed by atoms with E-state index in [4.69, 9.17) is 10.4 Å². The third-order valence-corrected chi connectivity index (χ3v) is 3.75. The maximum atomic E-state index is 11.0. The number of hydrogen-bond acceptors (Lipinski definition) is 4. The SMILES string of the molecule is CC(C)(C#N)N1CCN(S(N)(=O)=O)CC1. The highest BCUT2D eigenvalue weighted by molar-refractivity contribution is 7.86. The lowest BCUT2D eigenvalue weighted by Crippen LogP contribution is -2.56. The van der Waals surface area contributed by atoms with Gasteiger partial charge >= 0.3 is 0 Å². The van der Waals surface area contributed by atoms with Crippen molar-refractivity contribution in [3.8, 4) is 6.07 Å². The molecule has 0 aromatic rings. The molecule has 1 aliphatic heterocycles. The number of nitrogens with zero attached hydrogens (tertiary/aromatic N) is 3. The van der Waals surface area contributed by atoms with Crippen molar-refractivity contribution in [2.45, 2.75) is 19.4 Å². The van der Waals surface area contributed by atoms with Gasteiger partial charge in [-0.15, -0.1) is 0 Å². The van der Waals surface area contributed by atoms with Crippen LogP contribution in [0.2, 0.25) is 0 Å². The average molecular weight is 232 g/mol. The van der Waals surface area contributed by atoms with Gasteiger partial charge in [-0.25, -0.2) is 5.14 Å². The molecule has 86 valence electrons. The topological polar surface area (TPSA) is 90.4 Å². The van der Waals surface area contributed by atoms with Crippen molar-refractivity contribution in [3.05, 3.63) is 0 Å². The molecule has 1 heterocycles. The summed E-state index contributed by atoms with van der Waals surface area (Å²) < 4.78 is 23.3. The number of nitriles is 1. The molecule has 15 heavy (non-hydrogen) atoms. The first kappa shape index (κ1) is 12.4. The van der Waals surface area contributed by atoms with Crippen LogP contribution in [0.5, 0.6) is 0 Å². The molecule has 0 amide bonds. The molecule has 1 saturated heterocycles. The molecule has 7 heteroatoms. The summed E-state index contributed by atoms with van der Waals surface area (Å²) in [6.07, 6.45) is 0. The van der Waals surface area contributed by atoms with E-state index in [1.165, 1.54) is 4.31 Å². The van der Waals surface area contributed by atoms with Gasteiger partial charge < -0.3 is 0 Å². The van der Waals surface area contributed by atoms with Crippen LogP contribution in [0.1, 0.15) is 13.8 Å². The van der Waals surface area contributed by atoms with Gasteiger partial charge in [0.15, 0.2) is 0 Å². The molecule has 0 radical (unpaired) electrons. The lowest BCUT2D eigenvalue weighted by Gasteiger charge is -2.39. The lowest BCUT2D eigenvalue weighted by molar-refractivity contribution is 0.115. The van der Waals surface area contributed by atoms with E-state index >= 15 is 0 Å². The second-order valence-electron chi connectivity index (χ2n) is 4.10. The van der Waals surface area contributed by atoms with Gasteiger partial charge in [-0.05, 0) is 13.8 Å². The van der Waals surface area contributed by atoms with Crippen molar-refractivity contribution in [1.82, 2.24) is 9.21 Å². The van der Waals surface area contributed by atoms with E-state index in [0.717, 1.165) is 0 Å². The van der Waals surface area contributed by atoms with E-state index in [0.29, 0.717) is 26.2 Å². The quantitative estimate of drug-likeness (QED) is 0.668. The summed E-state index contributed by atoms with van der Waals surface area (Å²) >= 11 is 0. The van der Waals surface area contributed by atoms with Crippen LogP contribution in [0, 0.1) is 11.3 Å². The van der Waals surface area contributed by atoms with Crippen LogP contribution in [0.25, 0.3) is 0 Å². The summed E-state index contributed by atoms with van der Waals surface area (Å²) in [5.74, 6) is 0. The normalized spacial score (nSPS) is 21.2. The number of nitrogens with two attached hydrogens (primary N) is 1. The minimum absolute atomic E-state index is 0.351. The minimum Gasteiger partial charge on any atom is -0.283 e. The van der Waals surface area contributed by atoms with Crippen LogP contribution in [-0.2, 0) is 10.2 Å². The monoisotopic (exact) mass is 232 g/mol. The van der Waals surface area contributed by atoms with Crippen molar-refractivity contribution in [1.29, 1.82) is 5.26 Å². The summed E-state index contributed by atoms with van der Waals surface area (Å²) in [5, 5.41) is 13.9. The van der Waals surface area contributed by atoms with E-state index in [9.17, 15) is 8.42 Å². The standard InChI is InChI=1S/C8H16N4O2S/c1-8(2,7-9)11-3-5-12(6-4-11)15(10,13)14/h3-6H2,1-2H3,(H2,10,13,14). The van der Waals surface area contributed by atoms with Crippen molar-refractivity contribution < 1.29 is 8.42 Å². The highest BCUT2D eigenvalue weighted by Crippen LogP contribution is 2.16. The molecular formula is C8H16N4O2S. The molecule has 0 atom stereocenters. The molecule has 0 unspecified atom stereocenters. The summed E-state index contributed by atoms with van der Waals surface area (Å²) in [7, 11) is -3.58. The molecule has 0 saturated carbocycles. The zero-order valence-electron chi connectivity index (χ0n) is 8.97. The Bertz CT molecular complexity index is 363. The van der Waals surface area contributed by atoms with Crippen LogP contribution in [0.15, 0.2) is 0 Å². The van der Waals surface area contributed by atoms with E-state index in [1.54, 1.807) is 0 Å². The second kappa shape index (κ2) is 4.06. The predicted molar refractivity (Wildman–Crippen MR) is 55.9 cm³/mol. The van der Waals surface area contributed by atoms with Crippen molar-refractivity contribution in [2.24, 2.45) is 5.14 Å². The first-order valence-corrected chi connectivity index (χ1v) is 6.22. The summed E-state index contributed by atoms with van der Waals surface area (Å²) in [5.41, 5.74) is -0.551. The van der Waals surface area contributed by atoms with E-state index in [-0.39, 0.29) is 0 Å². The molecule has 2 N–H and O–H groups in total. The first-order valence-electron chi connectivity index (χ1n) is 4.71. The van der Waals surface area contributed by atoms with Gasteiger partial charge in [0.25, 0.3) is 10.2 Å². The Morgan fingerprint density at radius 3 is 2.07 bits per heavy atom. The Balaban J connectivity index is 2.62. The van der Waals surface area contributed by atoms with Gasteiger partial charge in [-0.2, -0.15) is 18.0 Å². The maximum Gasteiger partial charge on any atom is 0.276 e. The van der Waals surface area contributed by atoms with Gasteiger partial charge in [0.2, 0.25) is 0 Å².